The Kier molecular flexibility index (Phi) is 7.16. The van der Waals surface area contributed by atoms with Gasteiger partial charge < -0.3 is 69.2 Å². The van der Waals surface area contributed by atoms with Crippen molar-refractivity contribution in [1.29, 1.82) is 0 Å². The van der Waals surface area contributed by atoms with Crippen molar-refractivity contribution in [2.24, 2.45) is 0 Å². The summed E-state index contributed by atoms with van der Waals surface area (Å²) in [5, 5.41) is 0. The first kappa shape index (κ1) is 13.6. The minimum absolute atomic E-state index is 0. The molecule has 0 aromatic heterocycles. The van der Waals surface area contributed by atoms with Crippen molar-refractivity contribution < 1.29 is 26.7 Å². The smallest absolute Gasteiger partial charge is 0 e. The molecule has 0 fully saturated rings. The van der Waals surface area contributed by atoms with Crippen LogP contribution in [0.3, 0.4) is 0 Å². The van der Waals surface area contributed by atoms with Gasteiger partial charge in [0.15, 0.2) is 0 Å². The molecular weight excluding hydrogens is 232 g/mol. The Balaban J connectivity index is 0.000000245. The molecule has 0 heterocycles. The van der Waals surface area contributed by atoms with Crippen LogP contribution in [-0.4, -0.2) is 12.6 Å². The molecule has 0 saturated carbocycles. The van der Waals surface area contributed by atoms with E-state index in [1.807, 2.05) is 0 Å². The van der Waals surface area contributed by atoms with Gasteiger partial charge in [-0.2, -0.15) is 0 Å². The Labute approximate surface area is 99.1 Å². The first-order chi connectivity index (χ1) is 6.86. The van der Waals surface area contributed by atoms with Crippen molar-refractivity contribution in [3.63, 3.8) is 0 Å². The molecule has 0 N–H and O–H groups in total. The summed E-state index contributed by atoms with van der Waals surface area (Å²) in [6, 6.07) is 19.7. The molecule has 2 nitrogen and oxygen atoms in total. The summed E-state index contributed by atoms with van der Waals surface area (Å²) in [6.07, 6.45) is 1.32. The summed E-state index contributed by atoms with van der Waals surface area (Å²) in [5.74, 6) is 0. The van der Waals surface area contributed by atoms with Crippen LogP contribution in [0.1, 0.15) is 20.7 Å². The number of carbonyl (C=O) groups excluding carboxylic acids is 2. The molecule has 15 heavy (non-hydrogen) atoms. The second-order valence-electron chi connectivity index (χ2n) is 2.06. The normalized spacial score (nSPS) is 8.00. The van der Waals surface area contributed by atoms with Crippen LogP contribution in [-0.2, 0) is 17.1 Å². The summed E-state index contributed by atoms with van der Waals surface area (Å²) in [5.41, 5.74) is 0.778. The third kappa shape index (κ3) is 5.11. The summed E-state index contributed by atoms with van der Waals surface area (Å²) < 4.78 is 0. The number of hydrogen-bond donors (Lipinski definition) is 0. The Hall–Kier alpha value is -1.44. The predicted octanol–water partition coefficient (Wildman–Crippen LogP) is 0.835. The number of rotatable bonds is 2. The fourth-order valence-corrected chi connectivity index (χ4v) is 0.575. The third-order valence-electron chi connectivity index (χ3n) is 1.15. The van der Waals surface area contributed by atoms with E-state index >= 15 is 0 Å². The van der Waals surface area contributed by atoms with Crippen LogP contribution in [0.5, 0.6) is 0 Å². The first-order valence-corrected chi connectivity index (χ1v) is 3.55. The SMILES string of the molecule is O=C[c-]1[c-][c-][c-][c-]1.O=C[c-]1[c-][c-][c-][c-]1.[Fe]. The average Bonchev–Trinajstić information content (AvgIpc) is 2.92. The van der Waals surface area contributed by atoms with Crippen molar-refractivity contribution in [2.45, 2.75) is 0 Å². The van der Waals surface area contributed by atoms with Gasteiger partial charge in [0.25, 0.3) is 0 Å². The van der Waals surface area contributed by atoms with Crippen LogP contribution in [0.2, 0.25) is 0 Å². The van der Waals surface area contributed by atoms with E-state index in [1.54, 1.807) is 0 Å². The Morgan fingerprint density at radius 1 is 0.667 bits per heavy atom. The minimum Gasteiger partial charge on any atom is -0.886 e. The van der Waals surface area contributed by atoms with Gasteiger partial charge in [-0.05, 0) is 0 Å². The van der Waals surface area contributed by atoms with Gasteiger partial charge >= 0.3 is 0 Å². The van der Waals surface area contributed by atoms with Crippen LogP contribution < -0.4 is 0 Å². The Morgan fingerprint density at radius 3 is 1.07 bits per heavy atom. The molecule has 2 aromatic carbocycles. The molecular formula is C12H2FeO2-10. The van der Waals surface area contributed by atoms with Gasteiger partial charge in [-0.3, -0.25) is 12.6 Å². The Bertz CT molecular complexity index is 322. The molecule has 0 bridgehead atoms. The molecule has 2 aromatic rings. The van der Waals surface area contributed by atoms with Crippen LogP contribution in [0, 0.1) is 48.5 Å². The molecule has 2 rings (SSSR count). The van der Waals surface area contributed by atoms with E-state index in [0.29, 0.717) is 23.7 Å². The number of carbonyl (C=O) groups is 2. The predicted molar refractivity (Wildman–Crippen MR) is 45.5 cm³/mol. The second kappa shape index (κ2) is 7.92. The van der Waals surface area contributed by atoms with Gasteiger partial charge in [-0.15, -0.1) is 0 Å². The fourth-order valence-electron chi connectivity index (χ4n) is 0.575. The van der Waals surface area contributed by atoms with Crippen LogP contribution >= 0.6 is 0 Å². The van der Waals surface area contributed by atoms with E-state index in [0.717, 1.165) is 0 Å². The molecule has 80 valence electrons. The zero-order valence-corrected chi connectivity index (χ0v) is 8.43. The van der Waals surface area contributed by atoms with Crippen LogP contribution in [0.25, 0.3) is 0 Å². The topological polar surface area (TPSA) is 34.1 Å². The summed E-state index contributed by atoms with van der Waals surface area (Å²) >= 11 is 0. The van der Waals surface area contributed by atoms with Crippen LogP contribution in [0.15, 0.2) is 0 Å². The minimum atomic E-state index is 0. The zero-order chi connectivity index (χ0) is 10.2. The zero-order valence-electron chi connectivity index (χ0n) is 7.32. The van der Waals surface area contributed by atoms with Crippen molar-refractivity contribution in [3.05, 3.63) is 59.7 Å². The maximum atomic E-state index is 9.77. The summed E-state index contributed by atoms with van der Waals surface area (Å²) in [6.45, 7) is 0. The van der Waals surface area contributed by atoms with Gasteiger partial charge in [-0.1, -0.05) is 0 Å². The summed E-state index contributed by atoms with van der Waals surface area (Å²) in [4.78, 5) is 19.5. The van der Waals surface area contributed by atoms with Gasteiger partial charge in [0, 0.05) is 17.1 Å². The van der Waals surface area contributed by atoms with Gasteiger partial charge in [0.2, 0.25) is 0 Å². The molecule has 0 spiro atoms. The van der Waals surface area contributed by atoms with E-state index in [9.17, 15) is 9.59 Å². The fraction of sp³-hybridized carbons (Fsp3) is 0. The maximum Gasteiger partial charge on any atom is 0 e. The molecule has 0 aliphatic carbocycles. The van der Waals surface area contributed by atoms with E-state index in [1.165, 1.54) is 0 Å². The number of aldehydes is 2. The van der Waals surface area contributed by atoms with Gasteiger partial charge in [0.1, 0.15) is 0 Å². The monoisotopic (exact) mass is 234 g/mol. The quantitative estimate of drug-likeness (QED) is 0.438. The largest absolute Gasteiger partial charge is 0.886 e. The van der Waals surface area contributed by atoms with Crippen molar-refractivity contribution in [1.82, 2.24) is 0 Å². The summed E-state index contributed by atoms with van der Waals surface area (Å²) in [7, 11) is 0. The third-order valence-corrected chi connectivity index (χ3v) is 1.15. The molecule has 0 unspecified atom stereocenters. The molecule has 0 amide bonds. The van der Waals surface area contributed by atoms with E-state index < -0.39 is 0 Å². The first-order valence-electron chi connectivity index (χ1n) is 3.55. The van der Waals surface area contributed by atoms with E-state index in [2.05, 4.69) is 48.5 Å². The average molecular weight is 234 g/mol. The molecule has 0 atom stereocenters. The maximum absolute atomic E-state index is 9.77. The molecule has 0 aliphatic rings. The molecule has 0 saturated heterocycles. The van der Waals surface area contributed by atoms with Gasteiger partial charge in [-0.25, -0.2) is 0 Å². The van der Waals surface area contributed by atoms with E-state index in [-0.39, 0.29) is 17.1 Å². The van der Waals surface area contributed by atoms with Crippen LogP contribution in [0.4, 0.5) is 0 Å². The Morgan fingerprint density at radius 2 is 0.933 bits per heavy atom. The molecule has 3 heteroatoms. The molecule has 0 radical (unpaired) electrons. The van der Waals surface area contributed by atoms with E-state index in [4.69, 9.17) is 0 Å². The standard InChI is InChI=1S/2C6HO.Fe/c2*7-5-6-3-1-2-4-6;/h2*5H;/q2*-5;. The van der Waals surface area contributed by atoms with Crippen molar-refractivity contribution in [2.75, 3.05) is 0 Å². The number of hydrogen-bond acceptors (Lipinski definition) is 2. The second-order valence-corrected chi connectivity index (χ2v) is 2.06. The van der Waals surface area contributed by atoms with Gasteiger partial charge in [0.05, 0.1) is 0 Å². The van der Waals surface area contributed by atoms with Crippen molar-refractivity contribution >= 4 is 12.6 Å². The molecule has 0 aliphatic heterocycles. The van der Waals surface area contributed by atoms with Crippen molar-refractivity contribution in [3.8, 4) is 0 Å².